The molecule has 0 bridgehead atoms. The number of pyridine rings is 1. The van der Waals surface area contributed by atoms with Gasteiger partial charge >= 0.3 is 6.18 Å². The van der Waals surface area contributed by atoms with Crippen molar-refractivity contribution in [2.75, 3.05) is 19.7 Å². The van der Waals surface area contributed by atoms with E-state index in [4.69, 9.17) is 9.47 Å². The van der Waals surface area contributed by atoms with Crippen LogP contribution in [0, 0.1) is 0 Å². The number of nitrogens with zero attached hydrogens (tertiary/aromatic N) is 2. The van der Waals surface area contributed by atoms with Crippen LogP contribution in [-0.2, 0) is 4.74 Å². The van der Waals surface area contributed by atoms with Crippen molar-refractivity contribution in [3.05, 3.63) is 23.4 Å². The maximum atomic E-state index is 12.5. The van der Waals surface area contributed by atoms with Gasteiger partial charge in [0.25, 0.3) is 5.91 Å². The quantitative estimate of drug-likeness (QED) is 0.860. The van der Waals surface area contributed by atoms with Crippen LogP contribution in [0.1, 0.15) is 48.5 Å². The first-order valence-corrected chi connectivity index (χ1v) is 8.62. The SMILES string of the molecule is CC1CN(NC(=O)c2cnc(OCC(F)(F)F)c(C3CC3)c2)C[C@H](C)O1. The number of rotatable bonds is 5. The summed E-state index contributed by atoms with van der Waals surface area (Å²) in [4.78, 5) is 16.5. The van der Waals surface area contributed by atoms with Gasteiger partial charge in [0.05, 0.1) is 17.8 Å². The van der Waals surface area contributed by atoms with Crippen molar-refractivity contribution in [2.45, 2.75) is 51.0 Å². The molecule has 1 aliphatic heterocycles. The fourth-order valence-electron chi connectivity index (χ4n) is 3.03. The molecular formula is C17H22F3N3O3. The molecule has 2 heterocycles. The maximum Gasteiger partial charge on any atom is 0.422 e. The van der Waals surface area contributed by atoms with Crippen LogP contribution in [0.4, 0.5) is 13.2 Å². The first kappa shape index (κ1) is 18.9. The Balaban J connectivity index is 1.69. The molecule has 144 valence electrons. The van der Waals surface area contributed by atoms with Gasteiger partial charge < -0.3 is 9.47 Å². The molecule has 2 aliphatic rings. The van der Waals surface area contributed by atoms with Gasteiger partial charge in [-0.15, -0.1) is 0 Å². The maximum absolute atomic E-state index is 12.5. The summed E-state index contributed by atoms with van der Waals surface area (Å²) in [6.45, 7) is 3.58. The molecule has 1 aromatic rings. The molecule has 0 radical (unpaired) electrons. The number of morpholine rings is 1. The lowest BCUT2D eigenvalue weighted by molar-refractivity contribution is -0.154. The predicted octanol–water partition coefficient (Wildman–Crippen LogP) is 2.65. The lowest BCUT2D eigenvalue weighted by atomic mass is 10.1. The van der Waals surface area contributed by atoms with Gasteiger partial charge in [0, 0.05) is 24.8 Å². The number of nitrogens with one attached hydrogen (secondary N) is 1. The first-order valence-electron chi connectivity index (χ1n) is 8.62. The van der Waals surface area contributed by atoms with E-state index in [1.54, 1.807) is 11.1 Å². The molecule has 0 spiro atoms. The fraction of sp³-hybridized carbons (Fsp3) is 0.647. The van der Waals surface area contributed by atoms with Gasteiger partial charge in [-0.25, -0.2) is 9.99 Å². The summed E-state index contributed by atoms with van der Waals surface area (Å²) in [5, 5.41) is 1.78. The van der Waals surface area contributed by atoms with Crippen LogP contribution < -0.4 is 10.2 Å². The Morgan fingerprint density at radius 3 is 2.58 bits per heavy atom. The molecule has 6 nitrogen and oxygen atoms in total. The van der Waals surface area contributed by atoms with Crippen molar-refractivity contribution < 1.29 is 27.4 Å². The highest BCUT2D eigenvalue weighted by Gasteiger charge is 2.33. The van der Waals surface area contributed by atoms with Crippen molar-refractivity contribution >= 4 is 5.91 Å². The highest BCUT2D eigenvalue weighted by Crippen LogP contribution is 2.44. The highest BCUT2D eigenvalue weighted by atomic mass is 19.4. The standard InChI is InChI=1S/C17H22F3N3O3/c1-10-7-23(8-11(2)26-10)22-15(24)13-5-14(12-3-4-12)16(21-6-13)25-9-17(18,19)20/h5-6,10-12H,3-4,7-9H2,1-2H3,(H,22,24)/t10-,11?/m0/s1. The number of ether oxygens (including phenoxy) is 2. The number of amides is 1. The fourth-order valence-corrected chi connectivity index (χ4v) is 3.03. The molecule has 2 fully saturated rings. The molecule has 26 heavy (non-hydrogen) atoms. The zero-order valence-corrected chi connectivity index (χ0v) is 14.7. The third kappa shape index (κ3) is 5.07. The summed E-state index contributed by atoms with van der Waals surface area (Å²) < 4.78 is 47.6. The number of alkyl halides is 3. The predicted molar refractivity (Wildman–Crippen MR) is 86.8 cm³/mol. The zero-order chi connectivity index (χ0) is 18.9. The Bertz CT molecular complexity index is 654. The van der Waals surface area contributed by atoms with E-state index < -0.39 is 12.8 Å². The van der Waals surface area contributed by atoms with Gasteiger partial charge in [0.15, 0.2) is 6.61 Å². The second-order valence-corrected chi connectivity index (χ2v) is 6.90. The molecule has 1 N–H and O–H groups in total. The minimum atomic E-state index is -4.43. The number of carbonyl (C=O) groups excluding carboxylic acids is 1. The smallest absolute Gasteiger partial charge is 0.422 e. The van der Waals surface area contributed by atoms with E-state index in [9.17, 15) is 18.0 Å². The normalized spacial score (nSPS) is 24.3. The Hall–Kier alpha value is -1.87. The number of aromatic nitrogens is 1. The molecule has 3 rings (SSSR count). The van der Waals surface area contributed by atoms with Crippen LogP contribution in [0.15, 0.2) is 12.3 Å². The van der Waals surface area contributed by atoms with E-state index in [2.05, 4.69) is 10.4 Å². The summed E-state index contributed by atoms with van der Waals surface area (Å²) in [7, 11) is 0. The largest absolute Gasteiger partial charge is 0.468 e. The van der Waals surface area contributed by atoms with Crippen LogP contribution in [0.3, 0.4) is 0 Å². The lowest BCUT2D eigenvalue weighted by Gasteiger charge is -2.35. The van der Waals surface area contributed by atoms with Crippen LogP contribution in [0.5, 0.6) is 5.88 Å². The van der Waals surface area contributed by atoms with E-state index in [0.29, 0.717) is 24.2 Å². The number of carbonyl (C=O) groups is 1. The highest BCUT2D eigenvalue weighted by molar-refractivity contribution is 5.93. The third-order valence-electron chi connectivity index (χ3n) is 4.21. The molecule has 0 aromatic carbocycles. The van der Waals surface area contributed by atoms with Crippen molar-refractivity contribution in [2.24, 2.45) is 0 Å². The molecule has 1 saturated carbocycles. The van der Waals surface area contributed by atoms with Crippen molar-refractivity contribution in [3.63, 3.8) is 0 Å². The van der Waals surface area contributed by atoms with E-state index in [1.165, 1.54) is 6.20 Å². The number of halogens is 3. The number of hydrogen-bond acceptors (Lipinski definition) is 5. The Morgan fingerprint density at radius 2 is 2.00 bits per heavy atom. The van der Waals surface area contributed by atoms with E-state index in [-0.39, 0.29) is 29.9 Å². The second kappa shape index (κ2) is 7.40. The Kier molecular flexibility index (Phi) is 5.38. The molecule has 1 saturated heterocycles. The summed E-state index contributed by atoms with van der Waals surface area (Å²) in [6, 6.07) is 1.58. The van der Waals surface area contributed by atoms with Crippen LogP contribution in [-0.4, -0.2) is 54.0 Å². The van der Waals surface area contributed by atoms with Crippen molar-refractivity contribution in [1.82, 2.24) is 15.4 Å². The Labute approximate surface area is 149 Å². The van der Waals surface area contributed by atoms with Crippen molar-refractivity contribution in [3.8, 4) is 5.88 Å². The van der Waals surface area contributed by atoms with Gasteiger partial charge in [-0.3, -0.25) is 10.2 Å². The molecule has 9 heteroatoms. The molecular weight excluding hydrogens is 351 g/mol. The number of hydrogen-bond donors (Lipinski definition) is 1. The average Bonchev–Trinajstić information content (AvgIpc) is 3.35. The van der Waals surface area contributed by atoms with E-state index in [1.807, 2.05) is 13.8 Å². The Morgan fingerprint density at radius 1 is 1.35 bits per heavy atom. The molecule has 1 aromatic heterocycles. The average molecular weight is 373 g/mol. The van der Waals surface area contributed by atoms with E-state index in [0.717, 1.165) is 12.8 Å². The monoisotopic (exact) mass is 373 g/mol. The summed E-state index contributed by atoms with van der Waals surface area (Å²) in [5.41, 5.74) is 3.68. The molecule has 2 atom stereocenters. The second-order valence-electron chi connectivity index (χ2n) is 6.90. The molecule has 1 aliphatic carbocycles. The lowest BCUT2D eigenvalue weighted by Crippen LogP contribution is -2.53. The van der Waals surface area contributed by atoms with Gasteiger partial charge in [-0.1, -0.05) is 0 Å². The van der Waals surface area contributed by atoms with Crippen molar-refractivity contribution in [1.29, 1.82) is 0 Å². The topological polar surface area (TPSA) is 63.7 Å². The first-order chi connectivity index (χ1) is 12.2. The summed E-state index contributed by atoms with van der Waals surface area (Å²) in [5.74, 6) is -0.292. The zero-order valence-electron chi connectivity index (χ0n) is 14.7. The summed E-state index contributed by atoms with van der Waals surface area (Å²) in [6.07, 6.45) is -1.47. The molecule has 1 unspecified atom stereocenters. The third-order valence-corrected chi connectivity index (χ3v) is 4.21. The van der Waals surface area contributed by atoms with Crippen LogP contribution in [0.25, 0.3) is 0 Å². The van der Waals surface area contributed by atoms with Crippen LogP contribution in [0.2, 0.25) is 0 Å². The van der Waals surface area contributed by atoms with Gasteiger partial charge in [-0.2, -0.15) is 13.2 Å². The van der Waals surface area contributed by atoms with E-state index >= 15 is 0 Å². The minimum absolute atomic E-state index is 0.00246. The van der Waals surface area contributed by atoms with Gasteiger partial charge in [0.2, 0.25) is 5.88 Å². The number of hydrazine groups is 1. The van der Waals surface area contributed by atoms with Gasteiger partial charge in [-0.05, 0) is 38.7 Å². The minimum Gasteiger partial charge on any atom is -0.468 e. The molecule has 1 amide bonds. The summed E-state index contributed by atoms with van der Waals surface area (Å²) >= 11 is 0. The van der Waals surface area contributed by atoms with Crippen LogP contribution >= 0.6 is 0 Å². The van der Waals surface area contributed by atoms with Gasteiger partial charge in [0.1, 0.15) is 0 Å².